The monoisotopic (exact) mass is 351 g/mol. The molecule has 25 heavy (non-hydrogen) atoms. The van der Waals surface area contributed by atoms with E-state index in [0.717, 1.165) is 28.3 Å². The average molecular weight is 351 g/mol. The van der Waals surface area contributed by atoms with Crippen LogP contribution in [0.5, 0.6) is 0 Å². The Hall–Kier alpha value is -2.93. The molecule has 6 nitrogen and oxygen atoms in total. The summed E-state index contributed by atoms with van der Waals surface area (Å²) >= 11 is 1.57. The van der Waals surface area contributed by atoms with Crippen LogP contribution in [-0.4, -0.2) is 31.6 Å². The van der Waals surface area contributed by atoms with E-state index in [0.29, 0.717) is 12.1 Å². The zero-order valence-corrected chi connectivity index (χ0v) is 14.3. The van der Waals surface area contributed by atoms with Crippen molar-refractivity contribution in [3.8, 4) is 5.13 Å². The molecule has 0 unspecified atom stereocenters. The van der Waals surface area contributed by atoms with Gasteiger partial charge in [0.1, 0.15) is 0 Å². The molecule has 0 radical (unpaired) electrons. The Balaban J connectivity index is 1.41. The topological polar surface area (TPSA) is 64.7 Å². The quantitative estimate of drug-likeness (QED) is 0.543. The first-order valence-electron chi connectivity index (χ1n) is 8.07. The highest BCUT2D eigenvalue weighted by atomic mass is 32.1. The minimum Gasteiger partial charge on any atom is -0.352 e. The second-order valence-electron chi connectivity index (χ2n) is 5.68. The van der Waals surface area contributed by atoms with Gasteiger partial charge in [0.25, 0.3) is 5.91 Å². The van der Waals surface area contributed by atoms with E-state index in [-0.39, 0.29) is 5.91 Å². The van der Waals surface area contributed by atoms with E-state index in [9.17, 15) is 4.79 Å². The van der Waals surface area contributed by atoms with Crippen LogP contribution in [0.3, 0.4) is 0 Å². The van der Waals surface area contributed by atoms with Gasteiger partial charge in [-0.15, -0.1) is 0 Å². The lowest BCUT2D eigenvalue weighted by atomic mass is 10.2. The fourth-order valence-corrected chi connectivity index (χ4v) is 3.58. The lowest BCUT2D eigenvalue weighted by Crippen LogP contribution is -2.25. The molecule has 0 saturated heterocycles. The molecule has 0 fully saturated rings. The number of carbonyl (C=O) groups excluding carboxylic acids is 1. The van der Waals surface area contributed by atoms with Crippen LogP contribution in [0.2, 0.25) is 0 Å². The Labute approximate surface area is 148 Å². The molecule has 126 valence electrons. The molecule has 0 bridgehead atoms. The number of hydrogen-bond acceptors (Lipinski definition) is 4. The molecule has 0 aliphatic heterocycles. The number of carbonyl (C=O) groups is 1. The molecule has 4 aromatic rings. The van der Waals surface area contributed by atoms with Gasteiger partial charge in [-0.2, -0.15) is 0 Å². The lowest BCUT2D eigenvalue weighted by Gasteiger charge is -2.05. The van der Waals surface area contributed by atoms with Gasteiger partial charge < -0.3 is 14.5 Å². The van der Waals surface area contributed by atoms with Crippen LogP contribution < -0.4 is 5.32 Å². The molecule has 1 N–H and O–H groups in total. The van der Waals surface area contributed by atoms with E-state index in [1.54, 1.807) is 23.9 Å². The van der Waals surface area contributed by atoms with Gasteiger partial charge in [0, 0.05) is 43.4 Å². The van der Waals surface area contributed by atoms with Crippen LogP contribution in [0.25, 0.3) is 15.3 Å². The lowest BCUT2D eigenvalue weighted by molar-refractivity contribution is 0.0953. The van der Waals surface area contributed by atoms with Crippen molar-refractivity contribution in [2.45, 2.75) is 13.0 Å². The van der Waals surface area contributed by atoms with Crippen molar-refractivity contribution in [2.24, 2.45) is 0 Å². The predicted octanol–water partition coefficient (Wildman–Crippen LogP) is 3.10. The van der Waals surface area contributed by atoms with Crippen LogP contribution in [0.15, 0.2) is 61.4 Å². The third-order valence-electron chi connectivity index (χ3n) is 3.90. The van der Waals surface area contributed by atoms with Gasteiger partial charge in [-0.1, -0.05) is 11.3 Å². The summed E-state index contributed by atoms with van der Waals surface area (Å²) in [5.74, 6) is -0.0524. The van der Waals surface area contributed by atoms with Crippen molar-refractivity contribution in [2.75, 3.05) is 6.54 Å². The number of rotatable bonds is 6. The Morgan fingerprint density at radius 1 is 1.20 bits per heavy atom. The van der Waals surface area contributed by atoms with Gasteiger partial charge >= 0.3 is 0 Å². The number of fused-ring (bicyclic) bond motifs is 1. The standard InChI is InChI=1S/C18H17N5OS/c24-17(20-6-3-8-22-11-7-19-13-22)14-4-5-15-16(12-14)25-18(21-15)23-9-1-2-10-23/h1-2,4-5,7,9-13H,3,6,8H2,(H,20,24). The number of hydrogen-bond donors (Lipinski definition) is 1. The summed E-state index contributed by atoms with van der Waals surface area (Å²) in [6.45, 7) is 1.47. The molecule has 0 atom stereocenters. The molecule has 4 rings (SSSR count). The zero-order valence-electron chi connectivity index (χ0n) is 13.5. The molecule has 0 aliphatic rings. The SMILES string of the molecule is O=C(NCCCn1ccnc1)c1ccc2nc(-n3cccc3)sc2c1. The van der Waals surface area contributed by atoms with Gasteiger partial charge in [-0.3, -0.25) is 4.79 Å². The smallest absolute Gasteiger partial charge is 0.251 e. The number of aromatic nitrogens is 4. The van der Waals surface area contributed by atoms with Gasteiger partial charge in [-0.05, 0) is 36.8 Å². The summed E-state index contributed by atoms with van der Waals surface area (Å²) in [4.78, 5) is 20.9. The van der Waals surface area contributed by atoms with Gasteiger partial charge in [-0.25, -0.2) is 9.97 Å². The van der Waals surface area contributed by atoms with Crippen LogP contribution in [-0.2, 0) is 6.54 Å². The average Bonchev–Trinajstić information content (AvgIpc) is 3.38. The summed E-state index contributed by atoms with van der Waals surface area (Å²) in [7, 11) is 0. The zero-order chi connectivity index (χ0) is 17.1. The minimum absolute atomic E-state index is 0.0524. The number of imidazole rings is 1. The summed E-state index contributed by atoms with van der Waals surface area (Å²) in [6, 6.07) is 9.57. The molecule has 0 aliphatic carbocycles. The molecule has 3 heterocycles. The van der Waals surface area contributed by atoms with E-state index in [4.69, 9.17) is 0 Å². The highest BCUT2D eigenvalue weighted by molar-refractivity contribution is 7.20. The van der Waals surface area contributed by atoms with Gasteiger partial charge in [0.05, 0.1) is 16.5 Å². The molecule has 1 aromatic carbocycles. The molecule has 1 amide bonds. The molecule has 3 aromatic heterocycles. The maximum Gasteiger partial charge on any atom is 0.251 e. The van der Waals surface area contributed by atoms with Gasteiger partial charge in [0.2, 0.25) is 0 Å². The molecule has 0 saturated carbocycles. The largest absolute Gasteiger partial charge is 0.352 e. The van der Waals surface area contributed by atoms with Crippen molar-refractivity contribution in [1.82, 2.24) is 24.4 Å². The highest BCUT2D eigenvalue weighted by Gasteiger charge is 2.10. The number of nitrogens with zero attached hydrogens (tertiary/aromatic N) is 4. The highest BCUT2D eigenvalue weighted by Crippen LogP contribution is 2.25. The van der Waals surface area contributed by atoms with Crippen LogP contribution in [0, 0.1) is 0 Å². The number of benzene rings is 1. The van der Waals surface area contributed by atoms with Crippen LogP contribution in [0.1, 0.15) is 16.8 Å². The normalized spacial score (nSPS) is 11.0. The first-order valence-corrected chi connectivity index (χ1v) is 8.89. The molecule has 7 heteroatoms. The third kappa shape index (κ3) is 3.46. The Morgan fingerprint density at radius 3 is 2.88 bits per heavy atom. The van der Waals surface area contributed by atoms with Crippen LogP contribution >= 0.6 is 11.3 Å². The summed E-state index contributed by atoms with van der Waals surface area (Å²) in [5, 5.41) is 3.87. The summed E-state index contributed by atoms with van der Waals surface area (Å²) in [6.07, 6.45) is 10.2. The molecular weight excluding hydrogens is 334 g/mol. The van der Waals surface area contributed by atoms with Crippen molar-refractivity contribution in [1.29, 1.82) is 0 Å². The first-order chi connectivity index (χ1) is 12.3. The fraction of sp³-hybridized carbons (Fsp3) is 0.167. The maximum absolute atomic E-state index is 12.3. The van der Waals surface area contributed by atoms with E-state index in [1.807, 2.05) is 58.1 Å². The summed E-state index contributed by atoms with van der Waals surface area (Å²) in [5.41, 5.74) is 1.57. The van der Waals surface area contributed by atoms with Gasteiger partial charge in [0.15, 0.2) is 5.13 Å². The second-order valence-corrected chi connectivity index (χ2v) is 6.69. The van der Waals surface area contributed by atoms with Crippen molar-refractivity contribution in [3.63, 3.8) is 0 Å². The first kappa shape index (κ1) is 15.6. The van der Waals surface area contributed by atoms with Crippen LogP contribution in [0.4, 0.5) is 0 Å². The van der Waals surface area contributed by atoms with E-state index in [1.165, 1.54) is 0 Å². The van der Waals surface area contributed by atoms with E-state index >= 15 is 0 Å². The predicted molar refractivity (Wildman–Crippen MR) is 98.1 cm³/mol. The fourth-order valence-electron chi connectivity index (χ4n) is 2.61. The molecule has 0 spiro atoms. The van der Waals surface area contributed by atoms with E-state index < -0.39 is 0 Å². The number of aryl methyl sites for hydroxylation is 1. The Morgan fingerprint density at radius 2 is 2.08 bits per heavy atom. The maximum atomic E-state index is 12.3. The van der Waals surface area contributed by atoms with Crippen molar-refractivity contribution in [3.05, 3.63) is 67.0 Å². The Kier molecular flexibility index (Phi) is 4.30. The Bertz CT molecular complexity index is 972. The second kappa shape index (κ2) is 6.90. The summed E-state index contributed by atoms with van der Waals surface area (Å²) < 4.78 is 4.98. The third-order valence-corrected chi connectivity index (χ3v) is 4.93. The van der Waals surface area contributed by atoms with Crippen molar-refractivity contribution >= 4 is 27.5 Å². The molecular formula is C18H17N5OS. The number of nitrogens with one attached hydrogen (secondary N) is 1. The number of thiazole rings is 1. The number of amides is 1. The van der Waals surface area contributed by atoms with Crippen molar-refractivity contribution < 1.29 is 4.79 Å². The van der Waals surface area contributed by atoms with E-state index in [2.05, 4.69) is 15.3 Å². The minimum atomic E-state index is -0.0524.